The van der Waals surface area contributed by atoms with E-state index in [1.54, 1.807) is 22.3 Å². The summed E-state index contributed by atoms with van der Waals surface area (Å²) in [5.74, 6) is -1.30. The summed E-state index contributed by atoms with van der Waals surface area (Å²) in [5, 5.41) is 14.5. The number of hydrogen-bond donors (Lipinski definition) is 2. The van der Waals surface area contributed by atoms with E-state index in [-0.39, 0.29) is 24.2 Å². The highest BCUT2D eigenvalue weighted by Gasteiger charge is 2.37. The Labute approximate surface area is 216 Å². The number of rotatable bonds is 9. The molecule has 2 aromatic carbocycles. The van der Waals surface area contributed by atoms with Crippen molar-refractivity contribution in [3.63, 3.8) is 0 Å². The van der Waals surface area contributed by atoms with Gasteiger partial charge in [-0.05, 0) is 71.5 Å². The second-order valence-corrected chi connectivity index (χ2v) is 10.8. The third-order valence-electron chi connectivity index (χ3n) is 6.67. The maximum atomic E-state index is 13.6. The van der Waals surface area contributed by atoms with Gasteiger partial charge in [0.2, 0.25) is 5.91 Å². The Morgan fingerprint density at radius 3 is 2.42 bits per heavy atom. The van der Waals surface area contributed by atoms with Gasteiger partial charge in [0, 0.05) is 17.0 Å². The first-order valence-electron chi connectivity index (χ1n) is 12.2. The second kappa shape index (κ2) is 10.7. The zero-order valence-electron chi connectivity index (χ0n) is 21.1. The Kier molecular flexibility index (Phi) is 7.59. The number of amides is 2. The molecule has 0 bridgehead atoms. The van der Waals surface area contributed by atoms with Gasteiger partial charge in [0.1, 0.15) is 6.04 Å². The molecule has 4 rings (SSSR count). The highest BCUT2D eigenvalue weighted by atomic mass is 32.1. The van der Waals surface area contributed by atoms with Gasteiger partial charge in [-0.25, -0.2) is 0 Å². The highest BCUT2D eigenvalue weighted by molar-refractivity contribution is 7.13. The number of nitrogens with one attached hydrogen (secondary N) is 1. The number of thiophene rings is 1. The molecule has 3 aromatic rings. The van der Waals surface area contributed by atoms with E-state index in [9.17, 15) is 19.5 Å². The van der Waals surface area contributed by atoms with E-state index in [4.69, 9.17) is 0 Å². The van der Waals surface area contributed by atoms with Gasteiger partial charge in [-0.2, -0.15) is 0 Å². The minimum absolute atomic E-state index is 0.158. The monoisotopic (exact) mass is 504 g/mol. The number of carbonyl (C=O) groups is 3. The average Bonchev–Trinajstić information content (AvgIpc) is 3.42. The van der Waals surface area contributed by atoms with E-state index in [0.717, 1.165) is 32.7 Å². The van der Waals surface area contributed by atoms with Gasteiger partial charge in [0.05, 0.1) is 12.5 Å². The van der Waals surface area contributed by atoms with Crippen LogP contribution >= 0.6 is 11.3 Å². The van der Waals surface area contributed by atoms with Crippen molar-refractivity contribution in [2.45, 2.75) is 59.2 Å². The first kappa shape index (κ1) is 25.6. The van der Waals surface area contributed by atoms with Gasteiger partial charge in [0.15, 0.2) is 0 Å². The SMILES string of the molecule is Cc1cccc(C)c1-c1cc([C@@H](CC(=O)O)NC(=O)[C@@H](CC(C)C)N2Cc3ccccc3C2=O)cs1. The van der Waals surface area contributed by atoms with Gasteiger partial charge in [0.25, 0.3) is 5.91 Å². The number of nitrogens with zero attached hydrogens (tertiary/aromatic N) is 1. The van der Waals surface area contributed by atoms with E-state index in [2.05, 4.69) is 31.3 Å². The summed E-state index contributed by atoms with van der Waals surface area (Å²) in [6.45, 7) is 8.51. The molecule has 0 radical (unpaired) electrons. The molecule has 0 spiro atoms. The van der Waals surface area contributed by atoms with Crippen molar-refractivity contribution in [2.75, 3.05) is 0 Å². The molecule has 188 valence electrons. The maximum absolute atomic E-state index is 13.6. The van der Waals surface area contributed by atoms with Crippen LogP contribution in [-0.2, 0) is 16.1 Å². The number of carboxylic acids is 1. The van der Waals surface area contributed by atoms with Crippen LogP contribution in [0.2, 0.25) is 0 Å². The van der Waals surface area contributed by atoms with Crippen LogP contribution in [0.25, 0.3) is 10.4 Å². The lowest BCUT2D eigenvalue weighted by atomic mass is 9.98. The summed E-state index contributed by atoms with van der Waals surface area (Å²) in [6, 6.07) is 14.1. The Balaban J connectivity index is 1.61. The van der Waals surface area contributed by atoms with E-state index >= 15 is 0 Å². The molecule has 2 heterocycles. The Morgan fingerprint density at radius 2 is 1.78 bits per heavy atom. The zero-order valence-corrected chi connectivity index (χ0v) is 21.9. The van der Waals surface area contributed by atoms with Gasteiger partial charge in [-0.1, -0.05) is 50.2 Å². The molecule has 1 aromatic heterocycles. The first-order valence-corrected chi connectivity index (χ1v) is 13.1. The molecule has 1 aliphatic heterocycles. The molecule has 0 unspecified atom stereocenters. The molecule has 36 heavy (non-hydrogen) atoms. The van der Waals surface area contributed by atoms with Crippen LogP contribution in [0.4, 0.5) is 0 Å². The van der Waals surface area contributed by atoms with Crippen LogP contribution in [0, 0.1) is 19.8 Å². The third-order valence-corrected chi connectivity index (χ3v) is 7.63. The summed E-state index contributed by atoms with van der Waals surface area (Å²) < 4.78 is 0. The van der Waals surface area contributed by atoms with Gasteiger partial charge < -0.3 is 15.3 Å². The molecule has 2 N–H and O–H groups in total. The molecule has 6 nitrogen and oxygen atoms in total. The van der Waals surface area contributed by atoms with E-state index in [1.807, 2.05) is 49.6 Å². The minimum atomic E-state index is -0.995. The number of benzene rings is 2. The van der Waals surface area contributed by atoms with Crippen molar-refractivity contribution in [1.29, 1.82) is 0 Å². The van der Waals surface area contributed by atoms with Crippen molar-refractivity contribution in [1.82, 2.24) is 10.2 Å². The minimum Gasteiger partial charge on any atom is -0.481 e. The van der Waals surface area contributed by atoms with Crippen molar-refractivity contribution < 1.29 is 19.5 Å². The summed E-state index contributed by atoms with van der Waals surface area (Å²) >= 11 is 1.54. The molecule has 7 heteroatoms. The normalized spacial score (nSPS) is 14.6. The number of fused-ring (bicyclic) bond motifs is 1. The molecule has 0 saturated carbocycles. The predicted molar refractivity (Wildman–Crippen MR) is 142 cm³/mol. The fourth-order valence-electron chi connectivity index (χ4n) is 4.91. The fourth-order valence-corrected chi connectivity index (χ4v) is 6.05. The fraction of sp³-hybridized carbons (Fsp3) is 0.345. The smallest absolute Gasteiger partial charge is 0.305 e. The quantitative estimate of drug-likeness (QED) is 0.389. The number of carboxylic acid groups (broad SMARTS) is 1. The molecule has 0 aliphatic carbocycles. The Hall–Kier alpha value is -3.45. The Bertz CT molecular complexity index is 1280. The molecule has 2 atom stereocenters. The summed E-state index contributed by atoms with van der Waals surface area (Å²) in [7, 11) is 0. The second-order valence-electron chi connectivity index (χ2n) is 9.91. The largest absolute Gasteiger partial charge is 0.481 e. The van der Waals surface area contributed by atoms with Crippen LogP contribution < -0.4 is 5.32 Å². The molecule has 0 fully saturated rings. The van der Waals surface area contributed by atoms with Crippen molar-refractivity contribution in [3.8, 4) is 10.4 Å². The summed E-state index contributed by atoms with van der Waals surface area (Å²) in [6.07, 6.45) is 0.250. The lowest BCUT2D eigenvalue weighted by Crippen LogP contribution is -2.48. The van der Waals surface area contributed by atoms with Crippen molar-refractivity contribution in [2.24, 2.45) is 5.92 Å². The van der Waals surface area contributed by atoms with Crippen molar-refractivity contribution in [3.05, 3.63) is 81.7 Å². The number of hydrogen-bond acceptors (Lipinski definition) is 4. The molecule has 1 aliphatic rings. The van der Waals surface area contributed by atoms with Gasteiger partial charge in [-0.15, -0.1) is 11.3 Å². The van der Waals surface area contributed by atoms with Gasteiger partial charge in [-0.3, -0.25) is 14.4 Å². The van der Waals surface area contributed by atoms with Crippen LogP contribution in [0.5, 0.6) is 0 Å². The summed E-state index contributed by atoms with van der Waals surface area (Å²) in [4.78, 5) is 41.1. The standard InChI is InChI=1S/C29H32N2O4S/c1-17(2)12-24(31-15-20-10-5-6-11-22(20)29(31)35)28(34)30-23(14-26(32)33)21-13-25(36-16-21)27-18(3)8-7-9-19(27)4/h5-11,13,16-17,23-24H,12,14-15H2,1-4H3,(H,30,34)(H,32,33)/t23-,24-/m1/s1. The van der Waals surface area contributed by atoms with Crippen LogP contribution in [0.1, 0.15) is 65.3 Å². The van der Waals surface area contributed by atoms with Crippen LogP contribution in [0.3, 0.4) is 0 Å². The summed E-state index contributed by atoms with van der Waals surface area (Å²) in [5.41, 5.74) is 5.71. The lowest BCUT2D eigenvalue weighted by Gasteiger charge is -2.30. The van der Waals surface area contributed by atoms with Crippen molar-refractivity contribution >= 4 is 29.1 Å². The van der Waals surface area contributed by atoms with Crippen LogP contribution in [0.15, 0.2) is 53.9 Å². The third kappa shape index (κ3) is 5.36. The number of carbonyl (C=O) groups excluding carboxylic acids is 2. The van der Waals surface area contributed by atoms with Gasteiger partial charge >= 0.3 is 5.97 Å². The average molecular weight is 505 g/mol. The van der Waals surface area contributed by atoms with E-state index in [1.165, 1.54) is 0 Å². The maximum Gasteiger partial charge on any atom is 0.305 e. The molecular weight excluding hydrogens is 472 g/mol. The molecule has 2 amide bonds. The van der Waals surface area contributed by atoms with E-state index in [0.29, 0.717) is 18.5 Å². The van der Waals surface area contributed by atoms with Crippen LogP contribution in [-0.4, -0.2) is 33.8 Å². The molecule has 0 saturated heterocycles. The first-order chi connectivity index (χ1) is 17.2. The number of aliphatic carboxylic acids is 1. The molecular formula is C29H32N2O4S. The predicted octanol–water partition coefficient (Wildman–Crippen LogP) is 5.73. The lowest BCUT2D eigenvalue weighted by molar-refractivity contribution is -0.138. The highest BCUT2D eigenvalue weighted by Crippen LogP contribution is 2.35. The zero-order chi connectivity index (χ0) is 26.0. The number of aryl methyl sites for hydroxylation is 2. The Morgan fingerprint density at radius 1 is 1.08 bits per heavy atom. The topological polar surface area (TPSA) is 86.7 Å². The van der Waals surface area contributed by atoms with E-state index < -0.39 is 18.1 Å².